The van der Waals surface area contributed by atoms with Crippen LogP contribution in [0.25, 0.3) is 22.0 Å². The summed E-state index contributed by atoms with van der Waals surface area (Å²) in [5.74, 6) is 0.902. The van der Waals surface area contributed by atoms with Crippen LogP contribution in [0.15, 0.2) is 73.2 Å². The van der Waals surface area contributed by atoms with Gasteiger partial charge in [0.25, 0.3) is 0 Å². The predicted molar refractivity (Wildman–Crippen MR) is 128 cm³/mol. The zero-order valence-corrected chi connectivity index (χ0v) is 18.4. The first-order valence-corrected chi connectivity index (χ1v) is 11.7. The van der Waals surface area contributed by atoms with Gasteiger partial charge in [-0.2, -0.15) is 5.10 Å². The molecule has 1 fully saturated rings. The Morgan fingerprint density at radius 2 is 1.94 bits per heavy atom. The van der Waals surface area contributed by atoms with Crippen LogP contribution in [0.1, 0.15) is 31.2 Å². The lowest BCUT2D eigenvalue weighted by Crippen LogP contribution is -2.32. The third kappa shape index (κ3) is 4.62. The first kappa shape index (κ1) is 20.6. The number of likely N-dealkylation sites (tertiary alicyclic amines) is 1. The van der Waals surface area contributed by atoms with Crippen LogP contribution < -0.4 is 0 Å². The number of H-pyrrole nitrogens is 1. The SMILES string of the molecule is O=C(CCc1ccccc1)N1CCCC(Cn2ccc3cc(-c4cn[nH]c4)ccc32)CC1. The molecule has 1 atom stereocenters. The van der Waals surface area contributed by atoms with E-state index in [2.05, 4.69) is 62.3 Å². The largest absolute Gasteiger partial charge is 0.347 e. The molecule has 1 aliphatic heterocycles. The van der Waals surface area contributed by atoms with Crippen LogP contribution >= 0.6 is 0 Å². The molecule has 3 heterocycles. The van der Waals surface area contributed by atoms with Crippen molar-refractivity contribution in [2.75, 3.05) is 13.1 Å². The van der Waals surface area contributed by atoms with E-state index in [1.807, 2.05) is 30.6 Å². The van der Waals surface area contributed by atoms with Gasteiger partial charge in [0, 0.05) is 54.9 Å². The van der Waals surface area contributed by atoms with Crippen LogP contribution in [0.3, 0.4) is 0 Å². The van der Waals surface area contributed by atoms with Gasteiger partial charge in [0.05, 0.1) is 6.20 Å². The summed E-state index contributed by atoms with van der Waals surface area (Å²) in [4.78, 5) is 14.9. The summed E-state index contributed by atoms with van der Waals surface area (Å²) in [7, 11) is 0. The lowest BCUT2D eigenvalue weighted by molar-refractivity contribution is -0.131. The number of aromatic amines is 1. The number of carbonyl (C=O) groups is 1. The Kier molecular flexibility index (Phi) is 6.06. The molecule has 4 aromatic rings. The fourth-order valence-electron chi connectivity index (χ4n) is 4.88. The normalized spacial score (nSPS) is 16.9. The molecule has 2 aromatic carbocycles. The van der Waals surface area contributed by atoms with E-state index in [0.29, 0.717) is 18.2 Å². The minimum Gasteiger partial charge on any atom is -0.347 e. The molecular weight excluding hydrogens is 396 g/mol. The smallest absolute Gasteiger partial charge is 0.222 e. The Morgan fingerprint density at radius 1 is 1.03 bits per heavy atom. The van der Waals surface area contributed by atoms with Crippen LogP contribution in [0.4, 0.5) is 0 Å². The van der Waals surface area contributed by atoms with Crippen LogP contribution in [0.5, 0.6) is 0 Å². The number of nitrogens with zero attached hydrogens (tertiary/aromatic N) is 3. The monoisotopic (exact) mass is 426 g/mol. The molecule has 5 heteroatoms. The van der Waals surface area contributed by atoms with Crippen molar-refractivity contribution in [2.24, 2.45) is 5.92 Å². The van der Waals surface area contributed by atoms with E-state index in [1.54, 1.807) is 0 Å². The first-order chi connectivity index (χ1) is 15.8. The van der Waals surface area contributed by atoms with Gasteiger partial charge in [-0.1, -0.05) is 36.4 Å². The van der Waals surface area contributed by atoms with Crippen molar-refractivity contribution in [3.05, 3.63) is 78.8 Å². The molecule has 0 spiro atoms. The van der Waals surface area contributed by atoms with Crippen LogP contribution in [0.2, 0.25) is 0 Å². The Bertz CT molecular complexity index is 1160. The van der Waals surface area contributed by atoms with Crippen molar-refractivity contribution in [2.45, 2.75) is 38.6 Å². The third-order valence-electron chi connectivity index (χ3n) is 6.73. The average Bonchev–Trinajstić information content (AvgIpc) is 3.44. The fraction of sp³-hybridized carbons (Fsp3) is 0.333. The number of fused-ring (bicyclic) bond motifs is 1. The molecule has 1 N–H and O–H groups in total. The molecule has 32 heavy (non-hydrogen) atoms. The molecule has 1 amide bonds. The second-order valence-electron chi connectivity index (χ2n) is 8.89. The van der Waals surface area contributed by atoms with E-state index < -0.39 is 0 Å². The first-order valence-electron chi connectivity index (χ1n) is 11.7. The van der Waals surface area contributed by atoms with Crippen molar-refractivity contribution in [1.29, 1.82) is 0 Å². The van der Waals surface area contributed by atoms with E-state index in [0.717, 1.165) is 44.5 Å². The molecular formula is C27H30N4O. The van der Waals surface area contributed by atoms with Crippen LogP contribution in [-0.2, 0) is 17.8 Å². The number of hydrogen-bond donors (Lipinski definition) is 1. The summed E-state index contributed by atoms with van der Waals surface area (Å²) in [5, 5.41) is 8.20. The molecule has 0 aliphatic carbocycles. The van der Waals surface area contributed by atoms with Crippen molar-refractivity contribution in [3.8, 4) is 11.1 Å². The van der Waals surface area contributed by atoms with Gasteiger partial charge in [-0.25, -0.2) is 0 Å². The zero-order chi connectivity index (χ0) is 21.8. The number of hydrogen-bond acceptors (Lipinski definition) is 2. The zero-order valence-electron chi connectivity index (χ0n) is 18.4. The van der Waals surface area contributed by atoms with Gasteiger partial charge >= 0.3 is 0 Å². The van der Waals surface area contributed by atoms with Gasteiger partial charge < -0.3 is 9.47 Å². The maximum absolute atomic E-state index is 12.8. The topological polar surface area (TPSA) is 53.9 Å². The van der Waals surface area contributed by atoms with Gasteiger partial charge in [0.15, 0.2) is 0 Å². The van der Waals surface area contributed by atoms with E-state index in [1.165, 1.54) is 28.5 Å². The van der Waals surface area contributed by atoms with Gasteiger partial charge in [-0.15, -0.1) is 0 Å². The number of benzene rings is 2. The number of aryl methyl sites for hydroxylation is 1. The molecule has 2 aromatic heterocycles. The quantitative estimate of drug-likeness (QED) is 0.455. The van der Waals surface area contributed by atoms with Crippen LogP contribution in [0, 0.1) is 5.92 Å². The van der Waals surface area contributed by atoms with Crippen molar-refractivity contribution in [3.63, 3.8) is 0 Å². The van der Waals surface area contributed by atoms with E-state index >= 15 is 0 Å². The summed E-state index contributed by atoms with van der Waals surface area (Å²) in [5.41, 5.74) is 4.81. The van der Waals surface area contributed by atoms with Gasteiger partial charge in [-0.05, 0) is 60.9 Å². The van der Waals surface area contributed by atoms with E-state index in [-0.39, 0.29) is 0 Å². The summed E-state index contributed by atoms with van der Waals surface area (Å²) in [6.07, 6.45) is 10.8. The van der Waals surface area contributed by atoms with Crippen molar-refractivity contribution < 1.29 is 4.79 Å². The number of carbonyl (C=O) groups excluding carboxylic acids is 1. The van der Waals surface area contributed by atoms with E-state index in [4.69, 9.17) is 0 Å². The van der Waals surface area contributed by atoms with Gasteiger partial charge in [0.1, 0.15) is 0 Å². The average molecular weight is 427 g/mol. The Labute approximate surface area is 189 Å². The summed E-state index contributed by atoms with van der Waals surface area (Å²) < 4.78 is 2.38. The second kappa shape index (κ2) is 9.43. The molecule has 5 nitrogen and oxygen atoms in total. The highest BCUT2D eigenvalue weighted by atomic mass is 16.2. The Hall–Kier alpha value is -3.34. The number of rotatable bonds is 6. The van der Waals surface area contributed by atoms with E-state index in [9.17, 15) is 4.79 Å². The number of aromatic nitrogens is 3. The van der Waals surface area contributed by atoms with Gasteiger partial charge in [0.2, 0.25) is 5.91 Å². The highest BCUT2D eigenvalue weighted by Gasteiger charge is 2.21. The summed E-state index contributed by atoms with van der Waals surface area (Å²) in [6.45, 7) is 2.79. The molecule has 0 bridgehead atoms. The lowest BCUT2D eigenvalue weighted by Gasteiger charge is -2.21. The highest BCUT2D eigenvalue weighted by Crippen LogP contribution is 2.27. The number of amides is 1. The van der Waals surface area contributed by atoms with Gasteiger partial charge in [-0.3, -0.25) is 9.89 Å². The molecule has 164 valence electrons. The molecule has 5 rings (SSSR count). The Morgan fingerprint density at radius 3 is 2.78 bits per heavy atom. The minimum absolute atomic E-state index is 0.299. The summed E-state index contributed by atoms with van der Waals surface area (Å²) in [6, 6.07) is 19.1. The maximum atomic E-state index is 12.8. The molecule has 0 radical (unpaired) electrons. The molecule has 1 unspecified atom stereocenters. The van der Waals surface area contributed by atoms with Crippen LogP contribution in [-0.4, -0.2) is 38.7 Å². The lowest BCUT2D eigenvalue weighted by atomic mass is 10.0. The number of nitrogens with one attached hydrogen (secondary N) is 1. The molecule has 0 saturated carbocycles. The molecule has 1 saturated heterocycles. The van der Waals surface area contributed by atoms with Crippen molar-refractivity contribution >= 4 is 16.8 Å². The van der Waals surface area contributed by atoms with Crippen molar-refractivity contribution in [1.82, 2.24) is 19.7 Å². The minimum atomic E-state index is 0.299. The third-order valence-corrected chi connectivity index (χ3v) is 6.73. The molecule has 1 aliphatic rings. The Balaban J connectivity index is 1.19. The summed E-state index contributed by atoms with van der Waals surface area (Å²) >= 11 is 0. The predicted octanol–water partition coefficient (Wildman–Crippen LogP) is 5.29. The highest BCUT2D eigenvalue weighted by molar-refractivity contribution is 5.85. The second-order valence-corrected chi connectivity index (χ2v) is 8.89. The maximum Gasteiger partial charge on any atom is 0.222 e. The fourth-order valence-corrected chi connectivity index (χ4v) is 4.88. The standard InChI is InChI=1S/C27H30N4O/c32-27(11-8-21-5-2-1-3-6-21)30-14-4-7-22(12-15-30)20-31-16-13-24-17-23(9-10-26(24)31)25-18-28-29-19-25/h1-3,5-6,9-10,13,16-19,22H,4,7-8,11-12,14-15,20H2,(H,28,29).